The lowest BCUT2D eigenvalue weighted by atomic mass is 9.99. The van der Waals surface area contributed by atoms with Crippen LogP contribution in [0, 0.1) is 5.92 Å². The second-order valence-electron chi connectivity index (χ2n) is 6.41. The molecule has 4 rings (SSSR count). The average Bonchev–Trinajstić information content (AvgIpc) is 3.30. The Morgan fingerprint density at radius 2 is 2.05 bits per heavy atom. The van der Waals surface area contributed by atoms with Crippen LogP contribution in [0.4, 0.5) is 0 Å². The van der Waals surface area contributed by atoms with Crippen LogP contribution in [0.1, 0.15) is 37.3 Å². The zero-order chi connectivity index (χ0) is 15.1. The van der Waals surface area contributed by atoms with Gasteiger partial charge >= 0.3 is 0 Å². The second-order valence-corrected chi connectivity index (χ2v) is 6.41. The van der Waals surface area contributed by atoms with Crippen LogP contribution in [-0.4, -0.2) is 35.9 Å². The predicted octanol–water partition coefficient (Wildman–Crippen LogP) is 1.64. The maximum absolute atomic E-state index is 12.5. The highest BCUT2D eigenvalue weighted by Crippen LogP contribution is 2.34. The predicted molar refractivity (Wildman–Crippen MR) is 80.3 cm³/mol. The van der Waals surface area contributed by atoms with E-state index in [4.69, 9.17) is 4.74 Å². The third kappa shape index (κ3) is 2.45. The Hall–Kier alpha value is -2.04. The van der Waals surface area contributed by atoms with E-state index in [1.54, 1.807) is 0 Å². The maximum Gasteiger partial charge on any atom is 0.225 e. The number of likely N-dealkylation sites (tertiary alicyclic amines) is 1. The van der Waals surface area contributed by atoms with Gasteiger partial charge in [-0.15, -0.1) is 0 Å². The zero-order valence-corrected chi connectivity index (χ0v) is 12.5. The molecule has 5 nitrogen and oxygen atoms in total. The minimum atomic E-state index is -0.205. The summed E-state index contributed by atoms with van der Waals surface area (Å²) in [4.78, 5) is 26.4. The van der Waals surface area contributed by atoms with E-state index in [1.807, 2.05) is 29.2 Å². The number of hydrogen-bond acceptors (Lipinski definition) is 3. The summed E-state index contributed by atoms with van der Waals surface area (Å²) in [6.45, 7) is 1.19. The Morgan fingerprint density at radius 3 is 2.86 bits per heavy atom. The molecule has 1 aliphatic carbocycles. The van der Waals surface area contributed by atoms with E-state index in [1.165, 1.54) is 0 Å². The van der Waals surface area contributed by atoms with Crippen LogP contribution < -0.4 is 10.1 Å². The van der Waals surface area contributed by atoms with Crippen molar-refractivity contribution < 1.29 is 14.3 Å². The molecule has 1 aromatic rings. The zero-order valence-electron chi connectivity index (χ0n) is 12.5. The smallest absolute Gasteiger partial charge is 0.225 e. The highest BCUT2D eigenvalue weighted by molar-refractivity contribution is 5.89. The summed E-state index contributed by atoms with van der Waals surface area (Å²) < 4.78 is 5.62. The van der Waals surface area contributed by atoms with Crippen LogP contribution in [0.5, 0.6) is 5.75 Å². The summed E-state index contributed by atoms with van der Waals surface area (Å²) in [7, 11) is 0. The topological polar surface area (TPSA) is 58.6 Å². The molecule has 0 radical (unpaired) electrons. The molecule has 1 saturated heterocycles. The van der Waals surface area contributed by atoms with Gasteiger partial charge < -0.3 is 15.0 Å². The van der Waals surface area contributed by atoms with Gasteiger partial charge in [0.15, 0.2) is 0 Å². The van der Waals surface area contributed by atoms with Crippen LogP contribution in [-0.2, 0) is 9.59 Å². The van der Waals surface area contributed by atoms with Gasteiger partial charge in [-0.2, -0.15) is 0 Å². The first-order chi connectivity index (χ1) is 10.7. The fourth-order valence-electron chi connectivity index (χ4n) is 3.43. The van der Waals surface area contributed by atoms with Crippen LogP contribution in [0.2, 0.25) is 0 Å². The van der Waals surface area contributed by atoms with Gasteiger partial charge in [0.1, 0.15) is 5.75 Å². The van der Waals surface area contributed by atoms with Crippen molar-refractivity contribution >= 4 is 11.8 Å². The van der Waals surface area contributed by atoms with Crippen molar-refractivity contribution in [3.05, 3.63) is 29.8 Å². The summed E-state index contributed by atoms with van der Waals surface area (Å²) in [5.74, 6) is 0.775. The molecule has 3 aliphatic rings. The number of carbonyl (C=O) groups excluding carboxylic acids is 2. The molecule has 5 heteroatoms. The molecule has 0 unspecified atom stereocenters. The number of nitrogens with one attached hydrogen (secondary N) is 1. The van der Waals surface area contributed by atoms with Gasteiger partial charge in [0, 0.05) is 31.0 Å². The molecule has 1 N–H and O–H groups in total. The summed E-state index contributed by atoms with van der Waals surface area (Å²) in [6.07, 6.45) is 3.31. The number of benzene rings is 1. The van der Waals surface area contributed by atoms with Gasteiger partial charge in [-0.05, 0) is 18.9 Å². The molecular weight excluding hydrogens is 280 g/mol. The van der Waals surface area contributed by atoms with E-state index in [-0.39, 0.29) is 23.8 Å². The molecule has 2 aliphatic heterocycles. The van der Waals surface area contributed by atoms with E-state index in [0.717, 1.165) is 30.6 Å². The molecule has 22 heavy (non-hydrogen) atoms. The Morgan fingerprint density at radius 1 is 1.23 bits per heavy atom. The molecule has 2 amide bonds. The normalized spacial score (nSPS) is 27.3. The highest BCUT2D eigenvalue weighted by atomic mass is 16.5. The largest absolute Gasteiger partial charge is 0.493 e. The van der Waals surface area contributed by atoms with E-state index < -0.39 is 0 Å². The van der Waals surface area contributed by atoms with Gasteiger partial charge in [-0.25, -0.2) is 0 Å². The summed E-state index contributed by atoms with van der Waals surface area (Å²) in [6, 6.07) is 8.21. The van der Waals surface area contributed by atoms with Crippen molar-refractivity contribution in [3.8, 4) is 5.75 Å². The minimum absolute atomic E-state index is 0.00166. The molecule has 2 fully saturated rings. The van der Waals surface area contributed by atoms with Gasteiger partial charge in [0.2, 0.25) is 11.8 Å². The van der Waals surface area contributed by atoms with Crippen molar-refractivity contribution in [2.45, 2.75) is 37.8 Å². The minimum Gasteiger partial charge on any atom is -0.493 e. The van der Waals surface area contributed by atoms with Crippen LogP contribution in [0.25, 0.3) is 0 Å². The molecule has 116 valence electrons. The van der Waals surface area contributed by atoms with Crippen molar-refractivity contribution in [1.82, 2.24) is 10.2 Å². The molecule has 0 spiro atoms. The first-order valence-corrected chi connectivity index (χ1v) is 8.04. The maximum atomic E-state index is 12.5. The van der Waals surface area contributed by atoms with E-state index in [9.17, 15) is 9.59 Å². The van der Waals surface area contributed by atoms with Crippen molar-refractivity contribution in [3.63, 3.8) is 0 Å². The number of amides is 2. The van der Waals surface area contributed by atoms with E-state index >= 15 is 0 Å². The summed E-state index contributed by atoms with van der Waals surface area (Å²) in [5, 5.41) is 3.12. The third-order valence-corrected chi connectivity index (χ3v) is 4.79. The average molecular weight is 300 g/mol. The van der Waals surface area contributed by atoms with Gasteiger partial charge in [-0.3, -0.25) is 9.59 Å². The van der Waals surface area contributed by atoms with E-state index in [0.29, 0.717) is 25.6 Å². The number of carbonyl (C=O) groups is 2. The van der Waals surface area contributed by atoms with Gasteiger partial charge in [0.05, 0.1) is 18.6 Å². The quantitative estimate of drug-likeness (QED) is 0.923. The fourth-order valence-corrected chi connectivity index (χ4v) is 3.43. The SMILES string of the molecule is O=C(N[C@@H]1CCOc2ccccc21)[C@H]1CC(=O)N(C2CC2)C1. The third-order valence-electron chi connectivity index (χ3n) is 4.79. The number of para-hydroxylation sites is 1. The summed E-state index contributed by atoms with van der Waals surface area (Å²) in [5.41, 5.74) is 1.03. The summed E-state index contributed by atoms with van der Waals surface area (Å²) >= 11 is 0. The van der Waals surface area contributed by atoms with E-state index in [2.05, 4.69) is 5.32 Å². The lowest BCUT2D eigenvalue weighted by Gasteiger charge is -2.27. The van der Waals surface area contributed by atoms with Crippen molar-refractivity contribution in [1.29, 1.82) is 0 Å². The molecular formula is C17H20N2O3. The first-order valence-electron chi connectivity index (χ1n) is 8.04. The number of rotatable bonds is 3. The van der Waals surface area contributed by atoms with Gasteiger partial charge in [0.25, 0.3) is 0 Å². The van der Waals surface area contributed by atoms with Crippen molar-refractivity contribution in [2.24, 2.45) is 5.92 Å². The molecule has 1 aromatic carbocycles. The standard InChI is InChI=1S/C17H20N2O3/c20-16-9-11(10-19(16)12-5-6-12)17(21)18-14-7-8-22-15-4-2-1-3-13(14)15/h1-4,11-12,14H,5-10H2,(H,18,21)/t11-,14+/m0/s1. The fraction of sp³-hybridized carbons (Fsp3) is 0.529. The lowest BCUT2D eigenvalue weighted by molar-refractivity contribution is -0.129. The number of hydrogen-bond donors (Lipinski definition) is 1. The van der Waals surface area contributed by atoms with Crippen LogP contribution in [0.3, 0.4) is 0 Å². The molecule has 2 heterocycles. The number of ether oxygens (including phenoxy) is 1. The second kappa shape index (κ2) is 5.30. The highest BCUT2D eigenvalue weighted by Gasteiger charge is 2.42. The number of nitrogens with zero attached hydrogens (tertiary/aromatic N) is 1. The van der Waals surface area contributed by atoms with Crippen molar-refractivity contribution in [2.75, 3.05) is 13.2 Å². The molecule has 2 atom stereocenters. The Kier molecular flexibility index (Phi) is 3.28. The lowest BCUT2D eigenvalue weighted by Crippen LogP contribution is -2.37. The molecule has 0 aromatic heterocycles. The first kappa shape index (κ1) is 13.6. The van der Waals surface area contributed by atoms with Crippen LogP contribution in [0.15, 0.2) is 24.3 Å². The Balaban J connectivity index is 1.44. The van der Waals surface area contributed by atoms with Crippen LogP contribution >= 0.6 is 0 Å². The monoisotopic (exact) mass is 300 g/mol. The van der Waals surface area contributed by atoms with Gasteiger partial charge in [-0.1, -0.05) is 18.2 Å². The molecule has 1 saturated carbocycles. The number of fused-ring (bicyclic) bond motifs is 1. The Bertz CT molecular complexity index is 612. The Labute approximate surface area is 129 Å². The molecule has 0 bridgehead atoms.